The van der Waals surface area contributed by atoms with Gasteiger partial charge in [0.1, 0.15) is 18.2 Å². The van der Waals surface area contributed by atoms with E-state index in [1.54, 1.807) is 36.4 Å². The molecular weight excluding hydrogens is 535 g/mol. The van der Waals surface area contributed by atoms with Crippen LogP contribution >= 0.6 is 0 Å². The van der Waals surface area contributed by atoms with Crippen LogP contribution in [0.2, 0.25) is 0 Å². The quantitative estimate of drug-likeness (QED) is 0.232. The topological polar surface area (TPSA) is 110 Å². The van der Waals surface area contributed by atoms with Crippen molar-refractivity contribution in [1.82, 2.24) is 14.5 Å². The molecular formula is C33H27FN4O4. The van der Waals surface area contributed by atoms with Crippen LogP contribution in [0.1, 0.15) is 44.9 Å². The number of rotatable bonds is 9. The number of ether oxygens (including phenoxy) is 2. The van der Waals surface area contributed by atoms with Crippen LogP contribution < -0.4 is 4.74 Å². The predicted octanol–water partition coefficient (Wildman–Crippen LogP) is 6.07. The molecule has 1 saturated heterocycles. The summed E-state index contributed by atoms with van der Waals surface area (Å²) in [6, 6.07) is 22.8. The Labute approximate surface area is 241 Å². The van der Waals surface area contributed by atoms with E-state index in [4.69, 9.17) is 19.7 Å². The SMILES string of the molecule is Cc1cc(Cc2nc3ccc(C(=O)O)cc3n2CC2CCO2)ccc1-c1cccc(OCc2ccc(C#N)cc2F)n1. The fraction of sp³-hybridized carbons (Fsp3) is 0.212. The number of aromatic nitrogens is 3. The average Bonchev–Trinajstić information content (AvgIpc) is 3.30. The molecule has 1 fully saturated rings. The number of aryl methyl sites for hydroxylation is 1. The lowest BCUT2D eigenvalue weighted by molar-refractivity contribution is -0.0589. The minimum Gasteiger partial charge on any atom is -0.478 e. The van der Waals surface area contributed by atoms with E-state index in [0.29, 0.717) is 24.4 Å². The lowest BCUT2D eigenvalue weighted by Crippen LogP contribution is -2.31. The molecule has 1 aliphatic heterocycles. The first-order valence-corrected chi connectivity index (χ1v) is 13.6. The first kappa shape index (κ1) is 27.1. The molecule has 0 spiro atoms. The fourth-order valence-corrected chi connectivity index (χ4v) is 5.11. The van der Waals surface area contributed by atoms with Gasteiger partial charge in [-0.05, 0) is 60.9 Å². The molecule has 0 aliphatic carbocycles. The molecule has 1 atom stereocenters. The van der Waals surface area contributed by atoms with Crippen molar-refractivity contribution in [2.75, 3.05) is 6.61 Å². The van der Waals surface area contributed by atoms with Gasteiger partial charge in [-0.3, -0.25) is 0 Å². The van der Waals surface area contributed by atoms with E-state index in [2.05, 4.69) is 15.6 Å². The summed E-state index contributed by atoms with van der Waals surface area (Å²) >= 11 is 0. The van der Waals surface area contributed by atoms with Crippen LogP contribution in [0, 0.1) is 24.1 Å². The Kier molecular flexibility index (Phi) is 7.38. The maximum atomic E-state index is 14.3. The number of aromatic carboxylic acids is 1. The largest absolute Gasteiger partial charge is 0.478 e. The molecule has 5 aromatic rings. The number of hydrogen-bond acceptors (Lipinski definition) is 6. The molecule has 6 rings (SSSR count). The molecule has 2 aromatic heterocycles. The highest BCUT2D eigenvalue weighted by Gasteiger charge is 2.22. The number of benzene rings is 3. The Bertz CT molecular complexity index is 1860. The second kappa shape index (κ2) is 11.4. The van der Waals surface area contributed by atoms with Gasteiger partial charge in [0.25, 0.3) is 0 Å². The number of fused-ring (bicyclic) bond motifs is 1. The monoisotopic (exact) mass is 562 g/mol. The molecule has 1 aliphatic rings. The number of carbonyl (C=O) groups is 1. The molecule has 0 amide bonds. The van der Waals surface area contributed by atoms with Crippen molar-refractivity contribution >= 4 is 17.0 Å². The van der Waals surface area contributed by atoms with Crippen LogP contribution in [0.5, 0.6) is 5.88 Å². The molecule has 42 heavy (non-hydrogen) atoms. The zero-order valence-corrected chi connectivity index (χ0v) is 22.9. The van der Waals surface area contributed by atoms with E-state index in [1.165, 1.54) is 6.07 Å². The first-order valence-electron chi connectivity index (χ1n) is 13.6. The summed E-state index contributed by atoms with van der Waals surface area (Å²) in [5.41, 5.74) is 6.12. The fourth-order valence-electron chi connectivity index (χ4n) is 5.11. The highest BCUT2D eigenvalue weighted by molar-refractivity contribution is 5.92. The van der Waals surface area contributed by atoms with Gasteiger partial charge in [-0.15, -0.1) is 0 Å². The Balaban J connectivity index is 1.23. The van der Waals surface area contributed by atoms with Gasteiger partial charge in [-0.25, -0.2) is 19.2 Å². The number of nitriles is 1. The van der Waals surface area contributed by atoms with Gasteiger partial charge < -0.3 is 19.1 Å². The van der Waals surface area contributed by atoms with Crippen LogP contribution in [-0.2, 0) is 24.3 Å². The van der Waals surface area contributed by atoms with Gasteiger partial charge >= 0.3 is 5.97 Å². The lowest BCUT2D eigenvalue weighted by atomic mass is 10.0. The Morgan fingerprint density at radius 3 is 2.71 bits per heavy atom. The summed E-state index contributed by atoms with van der Waals surface area (Å²) in [7, 11) is 0. The van der Waals surface area contributed by atoms with Gasteiger partial charge in [-0.2, -0.15) is 5.26 Å². The molecule has 9 heteroatoms. The number of pyridine rings is 1. The van der Waals surface area contributed by atoms with Crippen molar-refractivity contribution in [1.29, 1.82) is 5.26 Å². The standard InChI is InChI=1S/C33H27FN4O4/c1-20-13-21(15-31-36-29-10-8-23(33(39)40)16-30(29)38(31)18-25-11-12-41-25)6-9-26(20)28-3-2-4-32(37-28)42-19-24-7-5-22(17-35)14-27(24)34/h2-10,13-14,16,25H,11-12,15,18-19H2,1H3,(H,39,40). The molecule has 1 N–H and O–H groups in total. The Morgan fingerprint density at radius 2 is 2.00 bits per heavy atom. The van der Waals surface area contributed by atoms with Crippen molar-refractivity contribution in [3.8, 4) is 23.2 Å². The minimum atomic E-state index is -0.971. The molecule has 0 bridgehead atoms. The summed E-state index contributed by atoms with van der Waals surface area (Å²) in [6.07, 6.45) is 1.62. The third-order valence-corrected chi connectivity index (χ3v) is 7.46. The summed E-state index contributed by atoms with van der Waals surface area (Å²) in [4.78, 5) is 21.1. The second-order valence-electron chi connectivity index (χ2n) is 10.3. The van der Waals surface area contributed by atoms with E-state index >= 15 is 0 Å². The highest BCUT2D eigenvalue weighted by Crippen LogP contribution is 2.28. The van der Waals surface area contributed by atoms with Crippen LogP contribution in [0.15, 0.2) is 72.8 Å². The Morgan fingerprint density at radius 1 is 1.14 bits per heavy atom. The molecule has 8 nitrogen and oxygen atoms in total. The first-order chi connectivity index (χ1) is 20.4. The number of carboxylic acids is 1. The predicted molar refractivity (Wildman–Crippen MR) is 154 cm³/mol. The van der Waals surface area contributed by atoms with E-state index < -0.39 is 11.8 Å². The second-order valence-corrected chi connectivity index (χ2v) is 10.3. The molecule has 0 saturated carbocycles. The molecule has 210 valence electrons. The molecule has 3 heterocycles. The summed E-state index contributed by atoms with van der Waals surface area (Å²) < 4.78 is 27.8. The number of halogens is 1. The van der Waals surface area contributed by atoms with Gasteiger partial charge in [0.15, 0.2) is 0 Å². The lowest BCUT2D eigenvalue weighted by Gasteiger charge is -2.27. The smallest absolute Gasteiger partial charge is 0.335 e. The zero-order valence-electron chi connectivity index (χ0n) is 22.9. The van der Waals surface area contributed by atoms with Crippen LogP contribution in [0.3, 0.4) is 0 Å². The van der Waals surface area contributed by atoms with Gasteiger partial charge in [-0.1, -0.05) is 30.3 Å². The number of hydrogen-bond donors (Lipinski definition) is 1. The molecule has 1 unspecified atom stereocenters. The number of imidazole rings is 1. The number of nitrogens with zero attached hydrogens (tertiary/aromatic N) is 4. The summed E-state index contributed by atoms with van der Waals surface area (Å²) in [6.45, 7) is 3.37. The average molecular weight is 563 g/mol. The summed E-state index contributed by atoms with van der Waals surface area (Å²) in [5, 5.41) is 18.4. The van der Waals surface area contributed by atoms with Crippen molar-refractivity contribution in [3.05, 3.63) is 112 Å². The third-order valence-electron chi connectivity index (χ3n) is 7.46. The van der Waals surface area contributed by atoms with E-state index in [-0.39, 0.29) is 23.8 Å². The van der Waals surface area contributed by atoms with Crippen LogP contribution in [-0.4, -0.2) is 38.3 Å². The van der Waals surface area contributed by atoms with Crippen molar-refractivity contribution < 1.29 is 23.8 Å². The maximum absolute atomic E-state index is 14.3. The third kappa shape index (κ3) is 5.57. The normalized spacial score (nSPS) is 14.4. The van der Waals surface area contributed by atoms with Crippen LogP contribution in [0.25, 0.3) is 22.3 Å². The van der Waals surface area contributed by atoms with Crippen molar-refractivity contribution in [3.63, 3.8) is 0 Å². The van der Waals surface area contributed by atoms with Gasteiger partial charge in [0.05, 0.1) is 46.6 Å². The van der Waals surface area contributed by atoms with E-state index in [1.807, 2.05) is 37.3 Å². The van der Waals surface area contributed by atoms with Gasteiger partial charge in [0, 0.05) is 30.2 Å². The highest BCUT2D eigenvalue weighted by atomic mass is 19.1. The maximum Gasteiger partial charge on any atom is 0.335 e. The van der Waals surface area contributed by atoms with E-state index in [0.717, 1.165) is 52.3 Å². The molecule has 0 radical (unpaired) electrons. The number of carboxylic acid groups (broad SMARTS) is 1. The van der Waals surface area contributed by atoms with Crippen molar-refractivity contribution in [2.45, 2.75) is 39.0 Å². The zero-order chi connectivity index (χ0) is 29.2. The van der Waals surface area contributed by atoms with Crippen LogP contribution in [0.4, 0.5) is 4.39 Å². The Hall–Kier alpha value is -5.07. The van der Waals surface area contributed by atoms with Crippen molar-refractivity contribution in [2.24, 2.45) is 0 Å². The summed E-state index contributed by atoms with van der Waals surface area (Å²) in [5.74, 6) is -0.249. The van der Waals surface area contributed by atoms with Gasteiger partial charge in [0.2, 0.25) is 5.88 Å². The minimum absolute atomic E-state index is 0.00717. The molecule has 3 aromatic carbocycles. The van der Waals surface area contributed by atoms with E-state index in [9.17, 15) is 14.3 Å².